The molecule has 1 aliphatic rings. The summed E-state index contributed by atoms with van der Waals surface area (Å²) in [5.41, 5.74) is 8.79. The van der Waals surface area contributed by atoms with Gasteiger partial charge in [0.25, 0.3) is 0 Å². The maximum absolute atomic E-state index is 6.08. The predicted octanol–water partition coefficient (Wildman–Crippen LogP) is 6.58. The van der Waals surface area contributed by atoms with E-state index >= 15 is 0 Å². The van der Waals surface area contributed by atoms with Crippen LogP contribution >= 0.6 is 0 Å². The normalized spacial score (nSPS) is 13.0. The lowest BCUT2D eigenvalue weighted by Gasteiger charge is -2.34. The fourth-order valence-corrected chi connectivity index (χ4v) is 3.75. The van der Waals surface area contributed by atoms with Crippen molar-refractivity contribution in [3.8, 4) is 11.8 Å². The third-order valence-corrected chi connectivity index (χ3v) is 5.21. The van der Waals surface area contributed by atoms with Gasteiger partial charge in [0.1, 0.15) is 11.4 Å². The highest BCUT2D eigenvalue weighted by Crippen LogP contribution is 2.50. The second-order valence-corrected chi connectivity index (χ2v) is 8.70. The van der Waals surface area contributed by atoms with E-state index in [0.29, 0.717) is 11.8 Å². The summed E-state index contributed by atoms with van der Waals surface area (Å²) < 4.78 is 6.08. The average Bonchev–Trinajstić information content (AvgIpc) is 2.59. The van der Waals surface area contributed by atoms with Crippen molar-refractivity contribution in [3.05, 3.63) is 64.5 Å². The third-order valence-electron chi connectivity index (χ3n) is 5.21. The van der Waals surface area contributed by atoms with Crippen molar-refractivity contribution in [2.45, 2.75) is 53.9 Å². The number of aromatic nitrogens is 2. The third kappa shape index (κ3) is 3.03. The molecule has 0 aliphatic carbocycles. The molecule has 0 fully saturated rings. The van der Waals surface area contributed by atoms with Gasteiger partial charge in [-0.1, -0.05) is 32.9 Å². The highest BCUT2D eigenvalue weighted by atomic mass is 16.5. The van der Waals surface area contributed by atoms with Gasteiger partial charge in [-0.2, -0.15) is 0 Å². The Morgan fingerprint density at radius 2 is 1.21 bits per heavy atom. The van der Waals surface area contributed by atoms with Gasteiger partial charge in [-0.15, -0.1) is 0 Å². The average molecular weight is 374 g/mol. The minimum atomic E-state index is 0.103. The van der Waals surface area contributed by atoms with Gasteiger partial charge < -0.3 is 9.64 Å². The molecule has 0 spiro atoms. The molecule has 0 bridgehead atoms. The van der Waals surface area contributed by atoms with Crippen molar-refractivity contribution in [2.75, 3.05) is 4.90 Å². The molecule has 0 radical (unpaired) electrons. The molecule has 0 N–H and O–H groups in total. The number of ether oxygens (including phenoxy) is 1. The Hall–Kier alpha value is -2.88. The van der Waals surface area contributed by atoms with Crippen LogP contribution in [0.1, 0.15) is 48.8 Å². The van der Waals surface area contributed by atoms with Gasteiger partial charge >= 0.3 is 0 Å². The second-order valence-electron chi connectivity index (χ2n) is 8.70. The molecular weight excluding hydrogens is 346 g/mol. The molecular formula is C24H27N3O. The number of benzene rings is 1. The van der Waals surface area contributed by atoms with E-state index in [1.54, 1.807) is 0 Å². The van der Waals surface area contributed by atoms with Crippen molar-refractivity contribution < 1.29 is 4.74 Å². The Morgan fingerprint density at radius 3 is 1.64 bits per heavy atom. The molecule has 4 nitrogen and oxygen atoms in total. The first-order chi connectivity index (χ1) is 13.1. The molecule has 0 saturated heterocycles. The fraction of sp³-hybridized carbons (Fsp3) is 0.333. The van der Waals surface area contributed by atoms with Gasteiger partial charge in [0.05, 0.1) is 5.69 Å². The molecule has 2 aromatic heterocycles. The van der Waals surface area contributed by atoms with E-state index in [2.05, 4.69) is 73.8 Å². The van der Waals surface area contributed by atoms with Gasteiger partial charge in [0, 0.05) is 11.4 Å². The van der Waals surface area contributed by atoms with Crippen molar-refractivity contribution in [1.29, 1.82) is 0 Å². The molecule has 4 rings (SSSR count). The van der Waals surface area contributed by atoms with Gasteiger partial charge in [-0.3, -0.25) is 0 Å². The van der Waals surface area contributed by atoms with E-state index < -0.39 is 0 Å². The van der Waals surface area contributed by atoms with Gasteiger partial charge in [-0.05, 0) is 74.1 Å². The number of anilines is 3. The monoisotopic (exact) mass is 373 g/mol. The maximum Gasteiger partial charge on any atom is 0.245 e. The lowest BCUT2D eigenvalue weighted by Crippen LogP contribution is -2.20. The lowest BCUT2D eigenvalue weighted by molar-refractivity contribution is 0.437. The summed E-state index contributed by atoms with van der Waals surface area (Å²) in [6.45, 7) is 15.0. The number of fused-ring (bicyclic) bond motifs is 2. The SMILES string of the molecule is Cc1ccc2c(n1)Oc1nc(C)ccc1N2c1c(C)cc(C(C)(C)C)cc1C. The minimum absolute atomic E-state index is 0.103. The van der Waals surface area contributed by atoms with E-state index in [-0.39, 0.29) is 5.41 Å². The van der Waals surface area contributed by atoms with Crippen LogP contribution in [-0.2, 0) is 5.41 Å². The van der Waals surface area contributed by atoms with Crippen molar-refractivity contribution >= 4 is 17.1 Å². The van der Waals surface area contributed by atoms with Crippen molar-refractivity contribution in [2.24, 2.45) is 0 Å². The van der Waals surface area contributed by atoms with Gasteiger partial charge in [-0.25, -0.2) is 9.97 Å². The minimum Gasteiger partial charge on any atom is -0.416 e. The van der Waals surface area contributed by atoms with E-state index in [1.165, 1.54) is 16.7 Å². The molecule has 4 heteroatoms. The molecule has 0 saturated carbocycles. The summed E-state index contributed by atoms with van der Waals surface area (Å²) >= 11 is 0. The number of rotatable bonds is 1. The van der Waals surface area contributed by atoms with Crippen LogP contribution in [0.25, 0.3) is 0 Å². The van der Waals surface area contributed by atoms with E-state index in [9.17, 15) is 0 Å². The Bertz CT molecular complexity index is 1010. The van der Waals surface area contributed by atoms with Crippen LogP contribution in [0.5, 0.6) is 11.8 Å². The molecule has 0 atom stereocenters. The number of aryl methyl sites for hydroxylation is 4. The molecule has 0 unspecified atom stereocenters. The number of pyridine rings is 2. The molecule has 3 heterocycles. The van der Waals surface area contributed by atoms with Crippen LogP contribution < -0.4 is 9.64 Å². The van der Waals surface area contributed by atoms with Gasteiger partial charge in [0.2, 0.25) is 11.8 Å². The molecule has 144 valence electrons. The van der Waals surface area contributed by atoms with Crippen molar-refractivity contribution in [1.82, 2.24) is 9.97 Å². The Kier molecular flexibility index (Phi) is 4.18. The maximum atomic E-state index is 6.08. The van der Waals surface area contributed by atoms with Crippen LogP contribution in [0.15, 0.2) is 36.4 Å². The van der Waals surface area contributed by atoms with Crippen LogP contribution in [0, 0.1) is 27.7 Å². The molecule has 1 aromatic carbocycles. The zero-order chi connectivity index (χ0) is 20.2. The summed E-state index contributed by atoms with van der Waals surface area (Å²) in [5, 5.41) is 0. The topological polar surface area (TPSA) is 38.3 Å². The zero-order valence-electron chi connectivity index (χ0n) is 17.7. The predicted molar refractivity (Wildman–Crippen MR) is 114 cm³/mol. The summed E-state index contributed by atoms with van der Waals surface area (Å²) in [6.07, 6.45) is 0. The van der Waals surface area contributed by atoms with Gasteiger partial charge in [0.15, 0.2) is 0 Å². The smallest absolute Gasteiger partial charge is 0.245 e. The largest absolute Gasteiger partial charge is 0.416 e. The van der Waals surface area contributed by atoms with Crippen LogP contribution in [-0.4, -0.2) is 9.97 Å². The Labute approximate surface area is 167 Å². The standard InChI is InChI=1S/C24H27N3O/c1-14-12-18(24(5,6)7)13-15(2)21(14)27-19-10-8-16(3)25-22(19)28-23-20(27)11-9-17(4)26-23/h8-13H,1-7H3. The Balaban J connectivity index is 1.98. The summed E-state index contributed by atoms with van der Waals surface area (Å²) in [6, 6.07) is 12.8. The fourth-order valence-electron chi connectivity index (χ4n) is 3.75. The molecule has 0 amide bonds. The van der Waals surface area contributed by atoms with Crippen LogP contribution in [0.3, 0.4) is 0 Å². The zero-order valence-corrected chi connectivity index (χ0v) is 17.7. The second kappa shape index (κ2) is 6.33. The number of hydrogen-bond acceptors (Lipinski definition) is 4. The van der Waals surface area contributed by atoms with Crippen LogP contribution in [0.2, 0.25) is 0 Å². The Morgan fingerprint density at radius 1 is 0.750 bits per heavy atom. The highest BCUT2D eigenvalue weighted by molar-refractivity contribution is 5.87. The van der Waals surface area contributed by atoms with E-state index in [1.807, 2.05) is 26.0 Å². The van der Waals surface area contributed by atoms with Crippen LogP contribution in [0.4, 0.5) is 17.1 Å². The van der Waals surface area contributed by atoms with Crippen molar-refractivity contribution in [3.63, 3.8) is 0 Å². The van der Waals surface area contributed by atoms with E-state index in [4.69, 9.17) is 4.74 Å². The summed E-state index contributed by atoms with van der Waals surface area (Å²) in [5.74, 6) is 1.20. The molecule has 3 aromatic rings. The first-order valence-electron chi connectivity index (χ1n) is 9.70. The summed E-state index contributed by atoms with van der Waals surface area (Å²) in [4.78, 5) is 11.5. The first-order valence-corrected chi connectivity index (χ1v) is 9.70. The first kappa shape index (κ1) is 18.5. The quantitative estimate of drug-likeness (QED) is 0.377. The number of hydrogen-bond donors (Lipinski definition) is 0. The molecule has 28 heavy (non-hydrogen) atoms. The lowest BCUT2D eigenvalue weighted by atomic mass is 9.84. The summed E-state index contributed by atoms with van der Waals surface area (Å²) in [7, 11) is 0. The number of nitrogens with zero attached hydrogens (tertiary/aromatic N) is 3. The highest BCUT2D eigenvalue weighted by Gasteiger charge is 2.30. The van der Waals surface area contributed by atoms with E-state index in [0.717, 1.165) is 28.5 Å². The molecule has 1 aliphatic heterocycles.